The highest BCUT2D eigenvalue weighted by atomic mass is 32.2. The average Bonchev–Trinajstić information content (AvgIpc) is 2.20. The number of hydrogen-bond acceptors (Lipinski definition) is 2. The predicted molar refractivity (Wildman–Crippen MR) is 54.5 cm³/mol. The van der Waals surface area contributed by atoms with E-state index in [1.54, 1.807) is 0 Å². The third kappa shape index (κ3) is 2.23. The molecule has 1 aromatic carbocycles. The summed E-state index contributed by atoms with van der Waals surface area (Å²) in [4.78, 5) is 0. The lowest BCUT2D eigenvalue weighted by molar-refractivity contribution is 0.625. The standard InChI is InChI=1S/C10H12FNS/c11-9-3-1-8(2-4-9)10-7-12-5-6-13-10/h1-4,10,12H,5-7H2. The Morgan fingerprint density at radius 3 is 2.69 bits per heavy atom. The maximum Gasteiger partial charge on any atom is 0.123 e. The molecular weight excluding hydrogens is 185 g/mol. The van der Waals surface area contributed by atoms with E-state index in [2.05, 4.69) is 5.32 Å². The minimum absolute atomic E-state index is 0.155. The molecular formula is C10H12FNS. The molecule has 1 unspecified atom stereocenters. The van der Waals surface area contributed by atoms with Crippen molar-refractivity contribution in [3.05, 3.63) is 35.6 Å². The van der Waals surface area contributed by atoms with Crippen molar-refractivity contribution in [3.63, 3.8) is 0 Å². The van der Waals surface area contributed by atoms with Gasteiger partial charge in [-0.1, -0.05) is 12.1 Å². The maximum absolute atomic E-state index is 12.6. The largest absolute Gasteiger partial charge is 0.314 e. The first-order valence-electron chi connectivity index (χ1n) is 4.44. The fourth-order valence-corrected chi connectivity index (χ4v) is 2.59. The van der Waals surface area contributed by atoms with Crippen molar-refractivity contribution in [2.45, 2.75) is 5.25 Å². The SMILES string of the molecule is Fc1ccc(C2CNCCS2)cc1. The summed E-state index contributed by atoms with van der Waals surface area (Å²) in [5, 5.41) is 3.83. The summed E-state index contributed by atoms with van der Waals surface area (Å²) >= 11 is 1.94. The van der Waals surface area contributed by atoms with Crippen LogP contribution in [0.3, 0.4) is 0 Å². The minimum atomic E-state index is -0.155. The Labute approximate surface area is 81.7 Å². The molecule has 0 radical (unpaired) electrons. The van der Waals surface area contributed by atoms with Gasteiger partial charge < -0.3 is 5.32 Å². The molecule has 2 rings (SSSR count). The molecule has 1 aliphatic rings. The molecule has 1 saturated heterocycles. The summed E-state index contributed by atoms with van der Waals surface area (Å²) in [5.41, 5.74) is 1.22. The zero-order valence-electron chi connectivity index (χ0n) is 7.29. The first kappa shape index (κ1) is 9.03. The summed E-state index contributed by atoms with van der Waals surface area (Å²) in [6.45, 7) is 2.08. The average molecular weight is 197 g/mol. The van der Waals surface area contributed by atoms with Crippen LogP contribution in [-0.4, -0.2) is 18.8 Å². The van der Waals surface area contributed by atoms with Crippen molar-refractivity contribution in [1.29, 1.82) is 0 Å². The monoisotopic (exact) mass is 197 g/mol. The summed E-state index contributed by atoms with van der Waals surface area (Å²) < 4.78 is 12.6. The molecule has 0 saturated carbocycles. The molecule has 0 bridgehead atoms. The van der Waals surface area contributed by atoms with Gasteiger partial charge in [0.25, 0.3) is 0 Å². The lowest BCUT2D eigenvalue weighted by Crippen LogP contribution is -2.28. The molecule has 13 heavy (non-hydrogen) atoms. The second-order valence-corrected chi connectivity index (χ2v) is 4.43. The van der Waals surface area contributed by atoms with Gasteiger partial charge in [0.05, 0.1) is 0 Å². The Morgan fingerprint density at radius 1 is 1.31 bits per heavy atom. The van der Waals surface area contributed by atoms with Gasteiger partial charge in [-0.3, -0.25) is 0 Å². The molecule has 0 aromatic heterocycles. The van der Waals surface area contributed by atoms with Gasteiger partial charge in [0.15, 0.2) is 0 Å². The smallest absolute Gasteiger partial charge is 0.123 e. The second kappa shape index (κ2) is 4.11. The van der Waals surface area contributed by atoms with Crippen LogP contribution in [0.4, 0.5) is 4.39 Å². The van der Waals surface area contributed by atoms with Crippen molar-refractivity contribution < 1.29 is 4.39 Å². The molecule has 1 atom stereocenters. The number of thioether (sulfide) groups is 1. The van der Waals surface area contributed by atoms with Crippen LogP contribution in [0.5, 0.6) is 0 Å². The van der Waals surface area contributed by atoms with Crippen molar-refractivity contribution in [2.24, 2.45) is 0 Å². The second-order valence-electron chi connectivity index (χ2n) is 3.12. The number of nitrogens with one attached hydrogen (secondary N) is 1. The number of halogens is 1. The molecule has 1 aliphatic heterocycles. The molecule has 0 spiro atoms. The van der Waals surface area contributed by atoms with E-state index in [-0.39, 0.29) is 5.82 Å². The highest BCUT2D eigenvalue weighted by Crippen LogP contribution is 2.29. The minimum Gasteiger partial charge on any atom is -0.314 e. The number of hydrogen-bond donors (Lipinski definition) is 1. The third-order valence-corrected chi connectivity index (χ3v) is 3.45. The van der Waals surface area contributed by atoms with Crippen LogP contribution in [0.15, 0.2) is 24.3 Å². The van der Waals surface area contributed by atoms with Gasteiger partial charge in [0, 0.05) is 24.1 Å². The topological polar surface area (TPSA) is 12.0 Å². The number of rotatable bonds is 1. The third-order valence-electron chi connectivity index (χ3n) is 2.17. The normalized spacial score (nSPS) is 23.0. The lowest BCUT2D eigenvalue weighted by atomic mass is 10.1. The van der Waals surface area contributed by atoms with Crippen LogP contribution in [0.2, 0.25) is 0 Å². The van der Waals surface area contributed by atoms with E-state index in [9.17, 15) is 4.39 Å². The Bertz CT molecular complexity index is 267. The number of benzene rings is 1. The van der Waals surface area contributed by atoms with Gasteiger partial charge in [-0.2, -0.15) is 11.8 Å². The van der Waals surface area contributed by atoms with Crippen LogP contribution < -0.4 is 5.32 Å². The molecule has 1 fully saturated rings. The van der Waals surface area contributed by atoms with E-state index in [4.69, 9.17) is 0 Å². The lowest BCUT2D eigenvalue weighted by Gasteiger charge is -2.22. The summed E-state index contributed by atoms with van der Waals surface area (Å²) in [6, 6.07) is 6.81. The van der Waals surface area contributed by atoms with E-state index in [0.717, 1.165) is 18.8 Å². The first-order chi connectivity index (χ1) is 6.36. The zero-order chi connectivity index (χ0) is 9.10. The molecule has 1 aromatic rings. The molecule has 3 heteroatoms. The van der Waals surface area contributed by atoms with Crippen LogP contribution in [0.1, 0.15) is 10.8 Å². The van der Waals surface area contributed by atoms with Crippen LogP contribution in [0.25, 0.3) is 0 Å². The van der Waals surface area contributed by atoms with Crippen molar-refractivity contribution in [1.82, 2.24) is 5.32 Å². The van der Waals surface area contributed by atoms with Gasteiger partial charge in [-0.25, -0.2) is 4.39 Å². The maximum atomic E-state index is 12.6. The predicted octanol–water partition coefficient (Wildman–Crippen LogP) is 2.20. The van der Waals surface area contributed by atoms with Gasteiger partial charge >= 0.3 is 0 Å². The highest BCUT2D eigenvalue weighted by Gasteiger charge is 2.14. The van der Waals surface area contributed by atoms with Crippen molar-refractivity contribution >= 4 is 11.8 Å². The molecule has 1 heterocycles. The molecule has 70 valence electrons. The van der Waals surface area contributed by atoms with Crippen molar-refractivity contribution in [2.75, 3.05) is 18.8 Å². The Morgan fingerprint density at radius 2 is 2.08 bits per heavy atom. The van der Waals surface area contributed by atoms with E-state index < -0.39 is 0 Å². The Balaban J connectivity index is 2.10. The zero-order valence-corrected chi connectivity index (χ0v) is 8.11. The van der Waals surface area contributed by atoms with Gasteiger partial charge in [0.1, 0.15) is 5.82 Å². The summed E-state index contributed by atoms with van der Waals surface area (Å²) in [6.07, 6.45) is 0. The van der Waals surface area contributed by atoms with Gasteiger partial charge in [-0.15, -0.1) is 0 Å². The summed E-state index contributed by atoms with van der Waals surface area (Å²) in [5.74, 6) is 0.986. The fraction of sp³-hybridized carbons (Fsp3) is 0.400. The van der Waals surface area contributed by atoms with E-state index in [1.165, 1.54) is 17.7 Å². The highest BCUT2D eigenvalue weighted by molar-refractivity contribution is 7.99. The quantitative estimate of drug-likeness (QED) is 0.740. The molecule has 1 N–H and O–H groups in total. The van der Waals surface area contributed by atoms with Gasteiger partial charge in [-0.05, 0) is 17.7 Å². The molecule has 1 nitrogen and oxygen atoms in total. The van der Waals surface area contributed by atoms with Gasteiger partial charge in [0.2, 0.25) is 0 Å². The Hall–Kier alpha value is -0.540. The fourth-order valence-electron chi connectivity index (χ4n) is 1.46. The molecule has 0 amide bonds. The first-order valence-corrected chi connectivity index (χ1v) is 5.49. The molecule has 0 aliphatic carbocycles. The van der Waals surface area contributed by atoms with Crippen LogP contribution in [0, 0.1) is 5.82 Å². The van der Waals surface area contributed by atoms with E-state index in [1.807, 2.05) is 23.9 Å². The Kier molecular flexibility index (Phi) is 2.86. The summed E-state index contributed by atoms with van der Waals surface area (Å²) in [7, 11) is 0. The van der Waals surface area contributed by atoms with Crippen LogP contribution >= 0.6 is 11.8 Å². The van der Waals surface area contributed by atoms with Crippen LogP contribution in [-0.2, 0) is 0 Å². The van der Waals surface area contributed by atoms with E-state index in [0.29, 0.717) is 5.25 Å². The van der Waals surface area contributed by atoms with E-state index >= 15 is 0 Å². The van der Waals surface area contributed by atoms with Crippen molar-refractivity contribution in [3.8, 4) is 0 Å².